The molecule has 0 saturated heterocycles. The lowest BCUT2D eigenvalue weighted by atomic mass is 9.99. The van der Waals surface area contributed by atoms with Crippen LogP contribution in [0, 0.1) is 0 Å². The zero-order valence-corrected chi connectivity index (χ0v) is 29.8. The SMILES string of the molecule is c1ccc([Si]2(c3ccccc3)c3ccccc3-c3c(N(c4ccc5c(c4)Cc4ccccc4-5)c4ccc5c(c4)Cc4ccccc4-5)cccc32)cc1. The van der Waals surface area contributed by atoms with Crippen molar-refractivity contribution in [3.05, 3.63) is 210 Å². The van der Waals surface area contributed by atoms with Crippen molar-refractivity contribution in [2.45, 2.75) is 12.8 Å². The van der Waals surface area contributed by atoms with Crippen molar-refractivity contribution in [2.75, 3.05) is 4.90 Å². The maximum absolute atomic E-state index is 2.65. The summed E-state index contributed by atoms with van der Waals surface area (Å²) in [4.78, 5) is 2.56. The van der Waals surface area contributed by atoms with Gasteiger partial charge in [0.2, 0.25) is 0 Å². The van der Waals surface area contributed by atoms with Gasteiger partial charge in [0.25, 0.3) is 0 Å². The average molecular weight is 678 g/mol. The van der Waals surface area contributed by atoms with Crippen molar-refractivity contribution in [3.8, 4) is 33.4 Å². The van der Waals surface area contributed by atoms with Gasteiger partial charge in [-0.1, -0.05) is 158 Å². The monoisotopic (exact) mass is 677 g/mol. The maximum atomic E-state index is 2.56. The van der Waals surface area contributed by atoms with Crippen molar-refractivity contribution >= 4 is 45.9 Å². The summed E-state index contributed by atoms with van der Waals surface area (Å²) in [5.74, 6) is 0. The second-order valence-electron chi connectivity index (χ2n) is 14.4. The van der Waals surface area contributed by atoms with Gasteiger partial charge in [-0.05, 0) is 114 Å². The predicted molar refractivity (Wildman–Crippen MR) is 220 cm³/mol. The number of nitrogens with zero attached hydrogens (tertiary/aromatic N) is 1. The highest BCUT2D eigenvalue weighted by Crippen LogP contribution is 2.47. The minimum atomic E-state index is -2.65. The molecule has 1 aliphatic heterocycles. The Bertz CT molecular complexity index is 2560. The molecule has 0 N–H and O–H groups in total. The van der Waals surface area contributed by atoms with Crippen LogP contribution in [0.3, 0.4) is 0 Å². The molecule has 1 heterocycles. The van der Waals surface area contributed by atoms with E-state index in [-0.39, 0.29) is 0 Å². The Morgan fingerprint density at radius 3 is 1.38 bits per heavy atom. The summed E-state index contributed by atoms with van der Waals surface area (Å²) in [5.41, 5.74) is 17.4. The third kappa shape index (κ3) is 4.16. The summed E-state index contributed by atoms with van der Waals surface area (Å²) >= 11 is 0. The van der Waals surface area contributed by atoms with E-state index in [2.05, 4.69) is 193 Å². The van der Waals surface area contributed by atoms with Crippen LogP contribution in [0.15, 0.2) is 188 Å². The lowest BCUT2D eigenvalue weighted by molar-refractivity contribution is 1.22. The molecule has 0 fully saturated rings. The van der Waals surface area contributed by atoms with Gasteiger partial charge in [-0.3, -0.25) is 0 Å². The second-order valence-corrected chi connectivity index (χ2v) is 18.1. The molecular weight excluding hydrogens is 643 g/mol. The van der Waals surface area contributed by atoms with Crippen molar-refractivity contribution in [2.24, 2.45) is 0 Å². The van der Waals surface area contributed by atoms with E-state index in [0.29, 0.717) is 0 Å². The molecule has 0 aromatic heterocycles. The smallest absolute Gasteiger partial charge is 0.180 e. The maximum Gasteiger partial charge on any atom is 0.180 e. The molecule has 8 aromatic carbocycles. The Kier molecular flexibility index (Phi) is 6.47. The molecule has 1 nitrogen and oxygen atoms in total. The van der Waals surface area contributed by atoms with Crippen LogP contribution in [0.25, 0.3) is 33.4 Å². The summed E-state index contributed by atoms with van der Waals surface area (Å²) in [6.07, 6.45) is 1.92. The van der Waals surface area contributed by atoms with E-state index in [1.54, 1.807) is 0 Å². The van der Waals surface area contributed by atoms with Gasteiger partial charge in [-0.2, -0.15) is 0 Å². The third-order valence-electron chi connectivity index (χ3n) is 11.8. The molecule has 0 bridgehead atoms. The van der Waals surface area contributed by atoms with Crippen LogP contribution in [0.1, 0.15) is 22.3 Å². The summed E-state index contributed by atoms with van der Waals surface area (Å²) in [5, 5.41) is 5.75. The van der Waals surface area contributed by atoms with Gasteiger partial charge >= 0.3 is 0 Å². The first-order chi connectivity index (χ1) is 25.8. The molecule has 244 valence electrons. The number of anilines is 3. The van der Waals surface area contributed by atoms with E-state index < -0.39 is 8.07 Å². The van der Waals surface area contributed by atoms with Gasteiger partial charge in [0.1, 0.15) is 0 Å². The van der Waals surface area contributed by atoms with Crippen molar-refractivity contribution in [1.29, 1.82) is 0 Å². The van der Waals surface area contributed by atoms with Crippen molar-refractivity contribution < 1.29 is 0 Å². The first-order valence-electron chi connectivity index (χ1n) is 18.4. The average Bonchev–Trinajstić information content (AvgIpc) is 3.87. The normalized spacial score (nSPS) is 13.8. The van der Waals surface area contributed by atoms with Crippen LogP contribution in [0.5, 0.6) is 0 Å². The molecule has 8 aromatic rings. The first kappa shape index (κ1) is 29.5. The van der Waals surface area contributed by atoms with Crippen LogP contribution >= 0.6 is 0 Å². The van der Waals surface area contributed by atoms with Crippen molar-refractivity contribution in [3.63, 3.8) is 0 Å². The minimum Gasteiger partial charge on any atom is -0.310 e. The first-order valence-corrected chi connectivity index (χ1v) is 20.4. The molecule has 2 aliphatic carbocycles. The Labute approximate surface area is 306 Å². The molecule has 2 heteroatoms. The van der Waals surface area contributed by atoms with Crippen LogP contribution in [0.4, 0.5) is 17.1 Å². The topological polar surface area (TPSA) is 3.24 Å². The lowest BCUT2D eigenvalue weighted by Crippen LogP contribution is -2.72. The number of hydrogen-bond acceptors (Lipinski definition) is 1. The van der Waals surface area contributed by atoms with Gasteiger partial charge in [-0.25, -0.2) is 0 Å². The molecule has 3 aliphatic rings. The molecule has 0 amide bonds. The van der Waals surface area contributed by atoms with Crippen LogP contribution in [-0.2, 0) is 12.8 Å². The molecule has 0 atom stereocenters. The number of fused-ring (bicyclic) bond motifs is 9. The van der Waals surface area contributed by atoms with E-state index >= 15 is 0 Å². The Morgan fingerprint density at radius 2 is 0.808 bits per heavy atom. The summed E-state index contributed by atoms with van der Waals surface area (Å²) in [7, 11) is -2.65. The Balaban J connectivity index is 1.18. The van der Waals surface area contributed by atoms with E-state index in [4.69, 9.17) is 0 Å². The molecule has 52 heavy (non-hydrogen) atoms. The fraction of sp³-hybridized carbons (Fsp3) is 0.0400. The summed E-state index contributed by atoms with van der Waals surface area (Å²) in [6, 6.07) is 71.1. The fourth-order valence-corrected chi connectivity index (χ4v) is 14.8. The molecular formula is C50H35NSi. The summed E-state index contributed by atoms with van der Waals surface area (Å²) in [6.45, 7) is 0. The van der Waals surface area contributed by atoms with E-state index in [0.717, 1.165) is 12.8 Å². The van der Waals surface area contributed by atoms with E-state index in [1.807, 2.05) is 0 Å². The van der Waals surface area contributed by atoms with E-state index in [1.165, 1.54) is 93.4 Å². The molecule has 0 radical (unpaired) electrons. The van der Waals surface area contributed by atoms with E-state index in [9.17, 15) is 0 Å². The fourth-order valence-electron chi connectivity index (χ4n) is 9.63. The highest BCUT2D eigenvalue weighted by molar-refractivity contribution is 7.22. The van der Waals surface area contributed by atoms with Gasteiger partial charge in [-0.15, -0.1) is 0 Å². The molecule has 0 saturated carbocycles. The highest BCUT2D eigenvalue weighted by atomic mass is 28.3. The summed E-state index contributed by atoms with van der Waals surface area (Å²) < 4.78 is 0. The minimum absolute atomic E-state index is 0.959. The van der Waals surface area contributed by atoms with Crippen LogP contribution in [-0.4, -0.2) is 8.07 Å². The standard InChI is InChI=1S/C50H35NSi/c1-3-16-40(17-4-1)52(41-18-5-2-6-19-41)48-24-12-11-22-46(48)50-47(23-13-25-49(50)52)51(38-26-28-44-36(32-38)30-34-14-7-9-20-42(34)44)39-27-29-45-37(33-39)31-35-15-8-10-21-43(35)45/h1-29,32-33H,30-31H2. The molecule has 0 spiro atoms. The highest BCUT2D eigenvalue weighted by Gasteiger charge is 2.49. The van der Waals surface area contributed by atoms with Gasteiger partial charge in [0.05, 0.1) is 5.69 Å². The number of rotatable bonds is 5. The number of benzene rings is 8. The molecule has 11 rings (SSSR count). The largest absolute Gasteiger partial charge is 0.310 e. The number of hydrogen-bond donors (Lipinski definition) is 0. The second kappa shape index (κ2) is 11.4. The third-order valence-corrected chi connectivity index (χ3v) is 16.6. The van der Waals surface area contributed by atoms with Crippen LogP contribution < -0.4 is 25.6 Å². The van der Waals surface area contributed by atoms with Crippen LogP contribution in [0.2, 0.25) is 0 Å². The van der Waals surface area contributed by atoms with Crippen molar-refractivity contribution in [1.82, 2.24) is 0 Å². The zero-order valence-electron chi connectivity index (χ0n) is 28.8. The Morgan fingerprint density at radius 1 is 0.346 bits per heavy atom. The van der Waals surface area contributed by atoms with Gasteiger partial charge in [0, 0.05) is 16.9 Å². The lowest BCUT2D eigenvalue weighted by Gasteiger charge is -2.32. The molecule has 0 unspecified atom stereocenters. The quantitative estimate of drug-likeness (QED) is 0.164. The predicted octanol–water partition coefficient (Wildman–Crippen LogP) is 9.66. The van der Waals surface area contributed by atoms with Gasteiger partial charge < -0.3 is 4.90 Å². The van der Waals surface area contributed by atoms with Gasteiger partial charge in [0.15, 0.2) is 8.07 Å². The Hall–Kier alpha value is -6.22. The zero-order chi connectivity index (χ0) is 34.2.